The Labute approximate surface area is 278 Å². The van der Waals surface area contributed by atoms with Gasteiger partial charge in [0.15, 0.2) is 0 Å². The quantitative estimate of drug-likeness (QED) is 0.154. The minimum absolute atomic E-state index is 0.00100. The third kappa shape index (κ3) is 7.37. The van der Waals surface area contributed by atoms with Gasteiger partial charge in [-0.05, 0) is 103 Å². The van der Waals surface area contributed by atoms with Crippen molar-refractivity contribution in [2.75, 3.05) is 14.3 Å². The number of nitrogens with zero attached hydrogens (tertiary/aromatic N) is 1. The van der Waals surface area contributed by atoms with Crippen molar-refractivity contribution in [2.24, 2.45) is 0 Å². The summed E-state index contributed by atoms with van der Waals surface area (Å²) in [7, 11) is -7.85. The highest BCUT2D eigenvalue weighted by atomic mass is 35.5. The normalized spacial score (nSPS) is 11.6. The van der Waals surface area contributed by atoms with Gasteiger partial charge in [-0.15, -0.1) is 0 Å². The number of hydrogen-bond acceptors (Lipinski definition) is 5. The molecule has 0 aromatic heterocycles. The number of hydrogen-bond donors (Lipinski definition) is 2. The lowest BCUT2D eigenvalue weighted by Gasteiger charge is -2.26. The van der Waals surface area contributed by atoms with Gasteiger partial charge in [0.05, 0.1) is 27.7 Å². The highest BCUT2D eigenvalue weighted by Crippen LogP contribution is 2.31. The van der Waals surface area contributed by atoms with Gasteiger partial charge < -0.3 is 5.32 Å². The molecule has 0 spiro atoms. The van der Waals surface area contributed by atoms with Crippen molar-refractivity contribution in [2.45, 2.75) is 30.2 Å². The summed E-state index contributed by atoms with van der Waals surface area (Å²) in [6.07, 6.45) is 0. The Morgan fingerprint density at radius 1 is 0.739 bits per heavy atom. The van der Waals surface area contributed by atoms with Crippen LogP contribution in [0, 0.1) is 13.8 Å². The molecule has 0 saturated carbocycles. The van der Waals surface area contributed by atoms with Gasteiger partial charge in [0.1, 0.15) is 0 Å². The molecule has 0 unspecified atom stereocenters. The fourth-order valence-corrected chi connectivity index (χ4v) is 7.63. The van der Waals surface area contributed by atoms with E-state index < -0.39 is 26.0 Å². The lowest BCUT2D eigenvalue weighted by Crippen LogP contribution is -2.31. The second-order valence-electron chi connectivity index (χ2n) is 10.4. The average molecular weight is 695 g/mol. The van der Waals surface area contributed by atoms with Crippen LogP contribution in [0.5, 0.6) is 0 Å². The van der Waals surface area contributed by atoms with E-state index in [1.165, 1.54) is 40.7 Å². The van der Waals surface area contributed by atoms with E-state index in [1.807, 2.05) is 6.92 Å². The third-order valence-corrected chi connectivity index (χ3v) is 11.0. The summed E-state index contributed by atoms with van der Waals surface area (Å²) in [6.45, 7) is 3.53. The molecule has 0 atom stereocenters. The topological polar surface area (TPSA) is 113 Å². The van der Waals surface area contributed by atoms with Gasteiger partial charge >= 0.3 is 0 Å². The number of benzene rings is 5. The molecule has 0 aliphatic heterocycles. The highest BCUT2D eigenvalue weighted by Gasteiger charge is 2.27. The van der Waals surface area contributed by atoms with E-state index in [0.29, 0.717) is 43.8 Å². The first kappa shape index (κ1) is 33.0. The molecule has 5 rings (SSSR count). The van der Waals surface area contributed by atoms with E-state index in [2.05, 4.69) is 10.0 Å². The van der Waals surface area contributed by atoms with Crippen LogP contribution in [0.25, 0.3) is 0 Å². The maximum absolute atomic E-state index is 13.8. The molecule has 0 bridgehead atoms. The van der Waals surface area contributed by atoms with Crippen LogP contribution in [0.4, 0.5) is 17.1 Å². The van der Waals surface area contributed by atoms with Crippen molar-refractivity contribution < 1.29 is 21.6 Å². The van der Waals surface area contributed by atoms with Crippen LogP contribution in [0.1, 0.15) is 27.0 Å². The molecule has 46 heavy (non-hydrogen) atoms. The van der Waals surface area contributed by atoms with Crippen molar-refractivity contribution in [1.29, 1.82) is 0 Å². The van der Waals surface area contributed by atoms with Crippen molar-refractivity contribution in [3.05, 3.63) is 148 Å². The maximum atomic E-state index is 13.8. The van der Waals surface area contributed by atoms with Crippen molar-refractivity contribution in [3.63, 3.8) is 0 Å². The van der Waals surface area contributed by atoms with Crippen LogP contribution < -0.4 is 14.3 Å². The van der Waals surface area contributed by atoms with Gasteiger partial charge in [-0.3, -0.25) is 13.8 Å². The van der Waals surface area contributed by atoms with Crippen molar-refractivity contribution in [1.82, 2.24) is 0 Å². The molecule has 0 aliphatic rings. The van der Waals surface area contributed by atoms with E-state index in [1.54, 1.807) is 85.8 Å². The summed E-state index contributed by atoms with van der Waals surface area (Å²) in [6, 6.07) is 30.5. The first-order valence-electron chi connectivity index (χ1n) is 14.0. The number of carbonyl (C=O) groups excluding carboxylic acids is 1. The largest absolute Gasteiger partial charge is 0.322 e. The molecular weight excluding hydrogens is 665 g/mol. The van der Waals surface area contributed by atoms with Crippen molar-refractivity contribution >= 4 is 66.2 Å². The van der Waals surface area contributed by atoms with Gasteiger partial charge in [0.25, 0.3) is 26.0 Å². The molecule has 2 N–H and O–H groups in total. The Morgan fingerprint density at radius 3 is 2.09 bits per heavy atom. The first-order valence-corrected chi connectivity index (χ1v) is 17.7. The molecule has 1 amide bonds. The second-order valence-corrected chi connectivity index (χ2v) is 14.8. The van der Waals surface area contributed by atoms with Gasteiger partial charge in [-0.1, -0.05) is 65.7 Å². The number of sulfonamides is 2. The van der Waals surface area contributed by atoms with E-state index in [4.69, 9.17) is 23.2 Å². The number of nitrogens with one attached hydrogen (secondary N) is 2. The lowest BCUT2D eigenvalue weighted by molar-refractivity contribution is 0.102. The SMILES string of the molecule is Cc1ccc(Cl)cc1N(Cc1ccc(C(=O)Nc2ccc(S(=O)(=O)Nc3cccc(Cl)c3C)cc2)cc1)S(=O)(=O)c1ccccc1. The molecule has 8 nitrogen and oxygen atoms in total. The average Bonchev–Trinajstić information content (AvgIpc) is 3.04. The molecule has 0 fully saturated rings. The number of amides is 1. The molecule has 0 heterocycles. The fourth-order valence-electron chi connectivity index (χ4n) is 4.64. The maximum Gasteiger partial charge on any atom is 0.264 e. The molecule has 5 aromatic rings. The van der Waals surface area contributed by atoms with Crippen LogP contribution in [0.3, 0.4) is 0 Å². The summed E-state index contributed by atoms with van der Waals surface area (Å²) >= 11 is 12.4. The zero-order valence-electron chi connectivity index (χ0n) is 24.7. The predicted octanol–water partition coefficient (Wildman–Crippen LogP) is 8.06. The molecular formula is C34H29Cl2N3O5S2. The summed E-state index contributed by atoms with van der Waals surface area (Å²) in [5.41, 5.74) is 3.52. The number of carbonyl (C=O) groups is 1. The Kier molecular flexibility index (Phi) is 9.74. The van der Waals surface area contributed by atoms with Crippen LogP contribution in [-0.2, 0) is 26.6 Å². The molecule has 12 heteroatoms. The molecule has 5 aromatic carbocycles. The zero-order chi connectivity index (χ0) is 33.1. The Morgan fingerprint density at radius 2 is 1.41 bits per heavy atom. The standard InChI is InChI=1S/C34H29Cl2N3O5S2/c1-23-11-16-27(35)21-33(23)39(46(43,44)30-7-4-3-5-8-30)22-25-12-14-26(15-13-25)34(40)37-28-17-19-29(20-18-28)45(41,42)38-32-10-6-9-31(36)24(32)2/h3-21,38H,22H2,1-2H3,(H,37,40). The number of aryl methyl sites for hydroxylation is 1. The van der Waals surface area contributed by atoms with Gasteiger partial charge in [0, 0.05) is 21.3 Å². The van der Waals surface area contributed by atoms with Crippen LogP contribution >= 0.6 is 23.2 Å². The van der Waals surface area contributed by atoms with E-state index in [0.717, 1.165) is 5.56 Å². The van der Waals surface area contributed by atoms with E-state index in [-0.39, 0.29) is 16.3 Å². The fraction of sp³-hybridized carbons (Fsp3) is 0.0882. The van der Waals surface area contributed by atoms with Gasteiger partial charge in [-0.2, -0.15) is 0 Å². The van der Waals surface area contributed by atoms with E-state index in [9.17, 15) is 21.6 Å². The van der Waals surface area contributed by atoms with Crippen LogP contribution in [0.15, 0.2) is 125 Å². The minimum atomic E-state index is -3.95. The van der Waals surface area contributed by atoms with Crippen molar-refractivity contribution in [3.8, 4) is 0 Å². The molecule has 236 valence electrons. The third-order valence-electron chi connectivity index (χ3n) is 7.25. The molecule has 0 saturated heterocycles. The highest BCUT2D eigenvalue weighted by molar-refractivity contribution is 7.93. The second kappa shape index (κ2) is 13.6. The summed E-state index contributed by atoms with van der Waals surface area (Å²) < 4.78 is 57.2. The molecule has 0 aliphatic carbocycles. The smallest absolute Gasteiger partial charge is 0.264 e. The van der Waals surface area contributed by atoms with Gasteiger partial charge in [-0.25, -0.2) is 16.8 Å². The predicted molar refractivity (Wildman–Crippen MR) is 184 cm³/mol. The monoisotopic (exact) mass is 693 g/mol. The number of halogens is 2. The van der Waals surface area contributed by atoms with Gasteiger partial charge in [0.2, 0.25) is 0 Å². The van der Waals surface area contributed by atoms with Crippen LogP contribution in [0.2, 0.25) is 10.0 Å². The first-order chi connectivity index (χ1) is 21.8. The summed E-state index contributed by atoms with van der Waals surface area (Å²) in [4.78, 5) is 13.2. The molecule has 0 radical (unpaired) electrons. The number of anilines is 3. The van der Waals surface area contributed by atoms with E-state index >= 15 is 0 Å². The zero-order valence-corrected chi connectivity index (χ0v) is 27.9. The minimum Gasteiger partial charge on any atom is -0.322 e. The Hall–Kier alpha value is -4.35. The number of rotatable bonds is 10. The summed E-state index contributed by atoms with van der Waals surface area (Å²) in [5, 5.41) is 3.60. The Balaban J connectivity index is 1.31. The summed E-state index contributed by atoms with van der Waals surface area (Å²) in [5.74, 6) is -0.422. The lowest BCUT2D eigenvalue weighted by atomic mass is 10.1. The Bertz CT molecular complexity index is 2110. The van der Waals surface area contributed by atoms with Crippen LogP contribution in [-0.4, -0.2) is 22.7 Å².